The lowest BCUT2D eigenvalue weighted by molar-refractivity contribution is 0.0760. The number of hydrogen-bond acceptors (Lipinski definition) is 6. The number of amides is 1. The highest BCUT2D eigenvalue weighted by Crippen LogP contribution is 2.59. The van der Waals surface area contributed by atoms with E-state index in [0.29, 0.717) is 5.76 Å². The van der Waals surface area contributed by atoms with Crippen LogP contribution in [-0.4, -0.2) is 35.4 Å². The van der Waals surface area contributed by atoms with Crippen LogP contribution in [0, 0.1) is 29.6 Å². The van der Waals surface area contributed by atoms with Crippen molar-refractivity contribution in [3.8, 4) is 12.1 Å². The van der Waals surface area contributed by atoms with Gasteiger partial charge in [0.2, 0.25) is 0 Å². The molecule has 1 fully saturated rings. The SMILES string of the molecule is Cc1c(C(=O)N(CC#N)CC#N)oc2c1C1(CCC2)SCCS1. The highest BCUT2D eigenvalue weighted by molar-refractivity contribution is 8.20. The van der Waals surface area contributed by atoms with Crippen LogP contribution in [0.5, 0.6) is 0 Å². The molecule has 2 aliphatic rings. The number of carbonyl (C=O) groups is 1. The summed E-state index contributed by atoms with van der Waals surface area (Å²) in [7, 11) is 0. The van der Waals surface area contributed by atoms with Crippen molar-refractivity contribution >= 4 is 29.4 Å². The number of aryl methyl sites for hydroxylation is 1. The van der Waals surface area contributed by atoms with E-state index >= 15 is 0 Å². The zero-order valence-corrected chi connectivity index (χ0v) is 14.6. The van der Waals surface area contributed by atoms with Gasteiger partial charge in [0, 0.05) is 29.1 Å². The lowest BCUT2D eigenvalue weighted by atomic mass is 9.94. The maximum absolute atomic E-state index is 12.7. The summed E-state index contributed by atoms with van der Waals surface area (Å²) < 4.78 is 5.95. The van der Waals surface area contributed by atoms with Gasteiger partial charge in [-0.3, -0.25) is 4.79 Å². The molecule has 1 aromatic heterocycles. The van der Waals surface area contributed by atoms with Gasteiger partial charge in [-0.1, -0.05) is 0 Å². The van der Waals surface area contributed by atoms with Crippen molar-refractivity contribution in [1.29, 1.82) is 10.5 Å². The predicted molar refractivity (Wildman–Crippen MR) is 90.1 cm³/mol. The van der Waals surface area contributed by atoms with Crippen LogP contribution in [0.2, 0.25) is 0 Å². The zero-order chi connectivity index (χ0) is 16.4. The Morgan fingerprint density at radius 3 is 2.57 bits per heavy atom. The molecule has 1 aromatic rings. The molecule has 23 heavy (non-hydrogen) atoms. The molecule has 2 heterocycles. The van der Waals surface area contributed by atoms with Crippen LogP contribution in [0.3, 0.4) is 0 Å². The van der Waals surface area contributed by atoms with Gasteiger partial charge in [0.15, 0.2) is 5.76 Å². The van der Waals surface area contributed by atoms with Crippen LogP contribution in [-0.2, 0) is 10.5 Å². The van der Waals surface area contributed by atoms with Crippen molar-refractivity contribution in [3.05, 3.63) is 22.6 Å². The van der Waals surface area contributed by atoms with Gasteiger partial charge in [0.1, 0.15) is 18.8 Å². The van der Waals surface area contributed by atoms with Crippen molar-refractivity contribution in [2.45, 2.75) is 30.3 Å². The van der Waals surface area contributed by atoms with E-state index in [0.717, 1.165) is 42.1 Å². The van der Waals surface area contributed by atoms with Crippen LogP contribution in [0.25, 0.3) is 0 Å². The quantitative estimate of drug-likeness (QED) is 0.782. The Kier molecular flexibility index (Phi) is 4.61. The van der Waals surface area contributed by atoms with Crippen molar-refractivity contribution in [2.24, 2.45) is 0 Å². The van der Waals surface area contributed by atoms with E-state index in [1.165, 1.54) is 10.5 Å². The Morgan fingerprint density at radius 2 is 1.96 bits per heavy atom. The van der Waals surface area contributed by atoms with Crippen molar-refractivity contribution in [1.82, 2.24) is 4.90 Å². The van der Waals surface area contributed by atoms with E-state index in [1.807, 2.05) is 42.6 Å². The molecule has 0 radical (unpaired) electrons. The summed E-state index contributed by atoms with van der Waals surface area (Å²) in [6.07, 6.45) is 3.01. The molecule has 0 N–H and O–H groups in total. The molecule has 0 unspecified atom stereocenters. The minimum absolute atomic E-state index is 0.0228. The second kappa shape index (κ2) is 6.51. The second-order valence-electron chi connectivity index (χ2n) is 5.64. The van der Waals surface area contributed by atoms with Gasteiger partial charge in [-0.05, 0) is 19.8 Å². The molecule has 0 bridgehead atoms. The number of nitriles is 2. The third kappa shape index (κ3) is 2.73. The summed E-state index contributed by atoms with van der Waals surface area (Å²) in [4.78, 5) is 13.9. The molecule has 1 aliphatic heterocycles. The van der Waals surface area contributed by atoms with Crippen molar-refractivity contribution in [3.63, 3.8) is 0 Å². The van der Waals surface area contributed by atoms with Gasteiger partial charge >= 0.3 is 0 Å². The summed E-state index contributed by atoms with van der Waals surface area (Å²) in [5, 5.41) is 17.7. The van der Waals surface area contributed by atoms with Crippen LogP contribution in [0.4, 0.5) is 0 Å². The Bertz CT molecular complexity index is 692. The number of hydrogen-bond donors (Lipinski definition) is 0. The van der Waals surface area contributed by atoms with E-state index in [9.17, 15) is 4.79 Å². The summed E-state index contributed by atoms with van der Waals surface area (Å²) >= 11 is 3.90. The maximum Gasteiger partial charge on any atom is 0.291 e. The highest BCUT2D eigenvalue weighted by Gasteiger charge is 2.45. The normalized spacial score (nSPS) is 18.2. The van der Waals surface area contributed by atoms with Crippen molar-refractivity contribution in [2.75, 3.05) is 24.6 Å². The molecule has 0 aromatic carbocycles. The fraction of sp³-hybridized carbons (Fsp3) is 0.562. The van der Waals surface area contributed by atoms with Crippen LogP contribution in [0.1, 0.15) is 40.3 Å². The number of thioether (sulfide) groups is 2. The molecule has 1 saturated heterocycles. The standard InChI is InChI=1S/C16H17N3O2S2/c1-11-13-12(3-2-4-16(13)22-9-10-23-16)21-14(11)15(20)19(7-5-17)8-6-18/h2-4,7-10H2,1H3. The average molecular weight is 347 g/mol. The Balaban J connectivity index is 2.00. The van der Waals surface area contributed by atoms with E-state index in [4.69, 9.17) is 14.9 Å². The van der Waals surface area contributed by atoms with Crippen molar-refractivity contribution < 1.29 is 9.21 Å². The van der Waals surface area contributed by atoms with Crippen LogP contribution < -0.4 is 0 Å². The first-order chi connectivity index (χ1) is 11.1. The number of rotatable bonds is 3. The summed E-state index contributed by atoms with van der Waals surface area (Å²) in [6.45, 7) is 1.72. The second-order valence-corrected chi connectivity index (χ2v) is 8.68. The first kappa shape index (κ1) is 16.3. The first-order valence-corrected chi connectivity index (χ1v) is 9.54. The number of carbonyl (C=O) groups excluding carboxylic acids is 1. The fourth-order valence-electron chi connectivity index (χ4n) is 3.32. The molecule has 1 spiro atoms. The average Bonchev–Trinajstić information content (AvgIpc) is 3.13. The third-order valence-electron chi connectivity index (χ3n) is 4.27. The third-order valence-corrected chi connectivity index (χ3v) is 7.80. The molecule has 120 valence electrons. The predicted octanol–water partition coefficient (Wildman–Crippen LogP) is 3.05. The Hall–Kier alpha value is -1.57. The maximum atomic E-state index is 12.7. The van der Waals surface area contributed by atoms with Gasteiger partial charge in [0.05, 0.1) is 16.2 Å². The molecule has 1 aliphatic carbocycles. The summed E-state index contributed by atoms with van der Waals surface area (Å²) in [5.41, 5.74) is 2.06. The van der Waals surface area contributed by atoms with E-state index < -0.39 is 0 Å². The smallest absolute Gasteiger partial charge is 0.291 e. The topological polar surface area (TPSA) is 81.0 Å². The summed E-state index contributed by atoms with van der Waals surface area (Å²) in [5.74, 6) is 3.09. The van der Waals surface area contributed by atoms with Gasteiger partial charge in [0.25, 0.3) is 5.91 Å². The summed E-state index contributed by atoms with van der Waals surface area (Å²) in [6, 6.07) is 3.87. The van der Waals surface area contributed by atoms with Gasteiger partial charge < -0.3 is 9.32 Å². The highest BCUT2D eigenvalue weighted by atomic mass is 32.2. The molecule has 0 saturated carbocycles. The number of furan rings is 1. The molecular weight excluding hydrogens is 330 g/mol. The monoisotopic (exact) mass is 347 g/mol. The number of fused-ring (bicyclic) bond motifs is 2. The zero-order valence-electron chi connectivity index (χ0n) is 12.9. The molecule has 7 heteroatoms. The first-order valence-electron chi connectivity index (χ1n) is 7.57. The molecule has 0 atom stereocenters. The van der Waals surface area contributed by atoms with Gasteiger partial charge in [-0.25, -0.2) is 0 Å². The van der Waals surface area contributed by atoms with E-state index in [2.05, 4.69) is 0 Å². The molecule has 3 rings (SSSR count). The lowest BCUT2D eigenvalue weighted by Crippen LogP contribution is -2.32. The molecule has 1 amide bonds. The van der Waals surface area contributed by atoms with E-state index in [-0.39, 0.29) is 23.1 Å². The Labute approximate surface area is 144 Å². The lowest BCUT2D eigenvalue weighted by Gasteiger charge is -2.31. The Morgan fingerprint density at radius 1 is 1.30 bits per heavy atom. The molecule has 5 nitrogen and oxygen atoms in total. The molecular formula is C16H17N3O2S2. The van der Waals surface area contributed by atoms with Crippen LogP contribution >= 0.6 is 23.5 Å². The van der Waals surface area contributed by atoms with E-state index in [1.54, 1.807) is 0 Å². The number of nitrogens with zero attached hydrogens (tertiary/aromatic N) is 3. The van der Waals surface area contributed by atoms with Crippen LogP contribution in [0.15, 0.2) is 4.42 Å². The minimum Gasteiger partial charge on any atom is -0.455 e. The minimum atomic E-state index is -0.358. The van der Waals surface area contributed by atoms with Gasteiger partial charge in [-0.2, -0.15) is 10.5 Å². The fourth-order valence-corrected chi connectivity index (χ4v) is 6.87. The largest absolute Gasteiger partial charge is 0.455 e. The van der Waals surface area contributed by atoms with Gasteiger partial charge in [-0.15, -0.1) is 23.5 Å².